The number of nitrogens with zero attached hydrogens (tertiary/aromatic N) is 6. The van der Waals surface area contributed by atoms with Gasteiger partial charge in [0.1, 0.15) is 4.90 Å². The van der Waals surface area contributed by atoms with Crippen molar-refractivity contribution in [1.82, 2.24) is 29.2 Å². The minimum absolute atomic E-state index is 0.0211. The molecule has 3 aromatic rings. The van der Waals surface area contributed by atoms with Gasteiger partial charge in [-0.25, -0.2) is 26.9 Å². The number of carbonyl (C=O) groups excluding carboxylic acids is 1. The number of aromatic nitrogens is 4. The van der Waals surface area contributed by atoms with Gasteiger partial charge in [-0.1, -0.05) is 25.2 Å². The fourth-order valence-corrected chi connectivity index (χ4v) is 6.73. The number of pyridine rings is 1. The molecule has 38 heavy (non-hydrogen) atoms. The largest absolute Gasteiger partial charge is 0.394 e. The predicted octanol–water partition coefficient (Wildman–Crippen LogP) is 2.29. The van der Waals surface area contributed by atoms with Gasteiger partial charge in [-0.3, -0.25) is 9.20 Å². The van der Waals surface area contributed by atoms with Gasteiger partial charge in [0.25, 0.3) is 6.43 Å². The van der Waals surface area contributed by atoms with Crippen LogP contribution in [0.1, 0.15) is 45.0 Å². The van der Waals surface area contributed by atoms with E-state index < -0.39 is 33.0 Å². The molecule has 0 unspecified atom stereocenters. The highest BCUT2D eigenvalue weighted by atomic mass is 32.2. The Hall–Kier alpha value is -2.75. The minimum Gasteiger partial charge on any atom is -0.394 e. The molecule has 1 amide bonds. The van der Waals surface area contributed by atoms with Crippen molar-refractivity contribution in [3.8, 4) is 10.8 Å². The first-order valence-corrected chi connectivity index (χ1v) is 14.6. The Balaban J connectivity index is 1.60. The zero-order valence-electron chi connectivity index (χ0n) is 21.1. The van der Waals surface area contributed by atoms with Crippen LogP contribution in [-0.2, 0) is 14.8 Å². The standard InChI is InChI=1S/C23H29F2N7O4S2/c1-13(2)22(34)31-7-6-30(10-14(31)12-33)16-8-15(38(35,36)29-23(3)4-5-23)11-32-17(16)9-26-19(32)21-28-27-20(37-21)18(24)25/h8-9,11,13-14,18,29,33H,4-7,10,12H2,1-3H3/t14-/m0/s1. The Morgan fingerprint density at radius 1 is 1.29 bits per heavy atom. The zero-order valence-corrected chi connectivity index (χ0v) is 22.8. The lowest BCUT2D eigenvalue weighted by Gasteiger charge is -2.42. The van der Waals surface area contributed by atoms with E-state index in [1.165, 1.54) is 16.8 Å². The van der Waals surface area contributed by atoms with Crippen molar-refractivity contribution in [1.29, 1.82) is 0 Å². The molecule has 1 aliphatic carbocycles. The molecule has 0 radical (unpaired) electrons. The Morgan fingerprint density at radius 2 is 2.03 bits per heavy atom. The van der Waals surface area contributed by atoms with Gasteiger partial charge < -0.3 is 14.9 Å². The third-order valence-electron chi connectivity index (χ3n) is 6.92. The number of fused-ring (bicyclic) bond motifs is 1. The third-order valence-corrected chi connectivity index (χ3v) is 9.45. The number of rotatable bonds is 8. The van der Waals surface area contributed by atoms with Gasteiger partial charge in [0.05, 0.1) is 30.0 Å². The fraction of sp³-hybridized carbons (Fsp3) is 0.565. The highest BCUT2D eigenvalue weighted by Crippen LogP contribution is 2.38. The number of anilines is 1. The number of alkyl halides is 2. The molecule has 15 heteroatoms. The lowest BCUT2D eigenvalue weighted by atomic mass is 10.1. The molecule has 0 bridgehead atoms. The molecular weight excluding hydrogens is 540 g/mol. The Morgan fingerprint density at radius 3 is 2.63 bits per heavy atom. The number of imidazole rings is 1. The summed E-state index contributed by atoms with van der Waals surface area (Å²) in [5.74, 6) is -0.106. The monoisotopic (exact) mass is 569 g/mol. The van der Waals surface area contributed by atoms with E-state index in [2.05, 4.69) is 19.9 Å². The summed E-state index contributed by atoms with van der Waals surface area (Å²) >= 11 is 0.687. The maximum absolute atomic E-state index is 13.4. The Labute approximate surface area is 222 Å². The fourth-order valence-electron chi connectivity index (χ4n) is 4.55. The number of aliphatic hydroxyl groups is 1. The second-order valence-electron chi connectivity index (χ2n) is 10.3. The summed E-state index contributed by atoms with van der Waals surface area (Å²) in [5, 5.41) is 17.1. The van der Waals surface area contributed by atoms with Crippen LogP contribution in [0, 0.1) is 5.92 Å². The van der Waals surface area contributed by atoms with Crippen LogP contribution in [0.2, 0.25) is 0 Å². The number of halogens is 2. The highest BCUT2D eigenvalue weighted by molar-refractivity contribution is 7.89. The van der Waals surface area contributed by atoms with Crippen molar-refractivity contribution in [2.45, 2.75) is 56.5 Å². The van der Waals surface area contributed by atoms with E-state index in [4.69, 9.17) is 0 Å². The average molecular weight is 570 g/mol. The molecule has 4 heterocycles. The number of hydrogen-bond acceptors (Lipinski definition) is 9. The maximum Gasteiger partial charge on any atom is 0.291 e. The SMILES string of the molecule is CC(C)C(=O)N1CCN(c2cc(S(=O)(=O)NC3(C)CC3)cn3c(-c4nnc(C(F)F)s4)ncc23)C[C@H]1CO. The van der Waals surface area contributed by atoms with Gasteiger partial charge in [0.2, 0.25) is 15.9 Å². The second-order valence-corrected chi connectivity index (χ2v) is 13.0. The number of piperazine rings is 1. The average Bonchev–Trinajstić information content (AvgIpc) is 3.25. The first-order valence-electron chi connectivity index (χ1n) is 12.3. The van der Waals surface area contributed by atoms with Gasteiger partial charge >= 0.3 is 0 Å². The topological polar surface area (TPSA) is 133 Å². The normalized spacial score (nSPS) is 19.6. The Kier molecular flexibility index (Phi) is 6.90. The molecule has 0 spiro atoms. The molecule has 1 aliphatic heterocycles. The van der Waals surface area contributed by atoms with Crippen molar-refractivity contribution in [3.63, 3.8) is 0 Å². The molecule has 3 aromatic heterocycles. The van der Waals surface area contributed by atoms with Crippen LogP contribution in [0.3, 0.4) is 0 Å². The van der Waals surface area contributed by atoms with Crippen LogP contribution in [0.15, 0.2) is 23.4 Å². The summed E-state index contributed by atoms with van der Waals surface area (Å²) in [7, 11) is -3.94. The van der Waals surface area contributed by atoms with Crippen molar-refractivity contribution in [3.05, 3.63) is 23.5 Å². The zero-order chi connectivity index (χ0) is 27.4. The lowest BCUT2D eigenvalue weighted by Crippen LogP contribution is -2.57. The molecular formula is C23H29F2N7O4S2. The number of amides is 1. The van der Waals surface area contributed by atoms with E-state index in [9.17, 15) is 27.1 Å². The summed E-state index contributed by atoms with van der Waals surface area (Å²) in [6, 6.07) is 1.06. The lowest BCUT2D eigenvalue weighted by molar-refractivity contribution is -0.138. The second kappa shape index (κ2) is 9.77. The molecule has 206 valence electrons. The van der Waals surface area contributed by atoms with Gasteiger partial charge in [-0.05, 0) is 25.8 Å². The van der Waals surface area contributed by atoms with Gasteiger partial charge in [-0.15, -0.1) is 10.2 Å². The van der Waals surface area contributed by atoms with Crippen LogP contribution >= 0.6 is 11.3 Å². The third kappa shape index (κ3) is 4.99. The van der Waals surface area contributed by atoms with Crippen LogP contribution in [0.4, 0.5) is 14.5 Å². The van der Waals surface area contributed by atoms with Crippen molar-refractivity contribution >= 4 is 38.5 Å². The summed E-state index contributed by atoms with van der Waals surface area (Å²) in [4.78, 5) is 20.6. The summed E-state index contributed by atoms with van der Waals surface area (Å²) in [6.07, 6.45) is 1.59. The van der Waals surface area contributed by atoms with Gasteiger partial charge in [-0.2, -0.15) is 0 Å². The maximum atomic E-state index is 13.4. The predicted molar refractivity (Wildman–Crippen MR) is 137 cm³/mol. The minimum atomic E-state index is -3.94. The van der Waals surface area contributed by atoms with Crippen molar-refractivity contribution in [2.24, 2.45) is 5.92 Å². The first kappa shape index (κ1) is 26.8. The van der Waals surface area contributed by atoms with E-state index in [1.54, 1.807) is 24.8 Å². The highest BCUT2D eigenvalue weighted by Gasteiger charge is 2.42. The molecule has 2 aliphatic rings. The number of hydrogen-bond donors (Lipinski definition) is 2. The van der Waals surface area contributed by atoms with Gasteiger partial charge in [0, 0.05) is 37.3 Å². The van der Waals surface area contributed by atoms with Crippen molar-refractivity contribution < 1.29 is 27.1 Å². The van der Waals surface area contributed by atoms with E-state index in [-0.39, 0.29) is 40.7 Å². The quantitative estimate of drug-likeness (QED) is 0.422. The Bertz CT molecular complexity index is 1470. The number of aliphatic hydroxyl groups excluding tert-OH is 1. The molecule has 0 aromatic carbocycles. The van der Waals surface area contributed by atoms with Crippen LogP contribution < -0.4 is 9.62 Å². The number of carbonyl (C=O) groups is 1. The number of nitrogens with one attached hydrogen (secondary N) is 1. The van der Waals surface area contributed by atoms with E-state index >= 15 is 0 Å². The molecule has 2 fully saturated rings. The first-order chi connectivity index (χ1) is 17.9. The molecule has 1 atom stereocenters. The summed E-state index contributed by atoms with van der Waals surface area (Å²) in [5.41, 5.74) is 0.550. The van der Waals surface area contributed by atoms with Crippen LogP contribution in [-0.4, -0.2) is 81.7 Å². The molecule has 11 nitrogen and oxygen atoms in total. The smallest absolute Gasteiger partial charge is 0.291 e. The van der Waals surface area contributed by atoms with E-state index in [0.29, 0.717) is 35.6 Å². The summed E-state index contributed by atoms with van der Waals surface area (Å²) < 4.78 is 57.4. The van der Waals surface area contributed by atoms with Crippen LogP contribution in [0.25, 0.3) is 16.3 Å². The molecule has 1 saturated heterocycles. The molecule has 2 N–H and O–H groups in total. The molecule has 5 rings (SSSR count). The van der Waals surface area contributed by atoms with Crippen molar-refractivity contribution in [2.75, 3.05) is 31.1 Å². The van der Waals surface area contributed by atoms with Crippen LogP contribution in [0.5, 0.6) is 0 Å². The molecule has 1 saturated carbocycles. The van der Waals surface area contributed by atoms with E-state index in [0.717, 1.165) is 12.8 Å². The van der Waals surface area contributed by atoms with E-state index in [1.807, 2.05) is 11.8 Å². The summed E-state index contributed by atoms with van der Waals surface area (Å²) in [6.45, 7) is 6.19. The number of sulfonamides is 1. The van der Waals surface area contributed by atoms with Gasteiger partial charge in [0.15, 0.2) is 15.8 Å².